The summed E-state index contributed by atoms with van der Waals surface area (Å²) < 4.78 is 5.30. The number of rotatable bonds is 5. The molecule has 1 saturated heterocycles. The minimum Gasteiger partial charge on any atom is -0.469 e. The molecule has 22 heavy (non-hydrogen) atoms. The van der Waals surface area contributed by atoms with Gasteiger partial charge in [-0.15, -0.1) is 24.0 Å². The highest BCUT2D eigenvalue weighted by molar-refractivity contribution is 14.0. The molecule has 6 nitrogen and oxygen atoms in total. The second-order valence-corrected chi connectivity index (χ2v) is 4.96. The molecule has 0 atom stereocenters. The van der Waals surface area contributed by atoms with Crippen molar-refractivity contribution in [3.63, 3.8) is 0 Å². The molecule has 1 aromatic rings. The van der Waals surface area contributed by atoms with Gasteiger partial charge in [0.05, 0.1) is 12.8 Å². The minimum absolute atomic E-state index is 0. The van der Waals surface area contributed by atoms with Crippen LogP contribution >= 0.6 is 24.0 Å². The molecule has 0 bridgehead atoms. The van der Waals surface area contributed by atoms with E-state index in [4.69, 9.17) is 4.42 Å². The van der Waals surface area contributed by atoms with Crippen molar-refractivity contribution in [3.8, 4) is 0 Å². The third kappa shape index (κ3) is 5.19. The van der Waals surface area contributed by atoms with Crippen molar-refractivity contribution in [1.82, 2.24) is 15.1 Å². The van der Waals surface area contributed by atoms with Crippen LogP contribution in [0.15, 0.2) is 27.8 Å². The van der Waals surface area contributed by atoms with Crippen LogP contribution in [0.5, 0.6) is 0 Å². The van der Waals surface area contributed by atoms with Gasteiger partial charge in [-0.2, -0.15) is 0 Å². The minimum atomic E-state index is 0. The van der Waals surface area contributed by atoms with Crippen molar-refractivity contribution >= 4 is 35.8 Å². The van der Waals surface area contributed by atoms with Gasteiger partial charge in [-0.1, -0.05) is 0 Å². The lowest BCUT2D eigenvalue weighted by molar-refractivity contribution is -0.134. The van der Waals surface area contributed by atoms with Gasteiger partial charge in [-0.25, -0.2) is 0 Å². The first kappa shape index (κ1) is 18.8. The molecular weight excluding hydrogens is 395 g/mol. The van der Waals surface area contributed by atoms with Gasteiger partial charge in [-0.3, -0.25) is 9.79 Å². The van der Waals surface area contributed by atoms with Crippen LogP contribution in [0.3, 0.4) is 0 Å². The molecule has 2 rings (SSSR count). The fraction of sp³-hybridized carbons (Fsp3) is 0.600. The van der Waals surface area contributed by atoms with Gasteiger partial charge < -0.3 is 19.5 Å². The van der Waals surface area contributed by atoms with Gasteiger partial charge >= 0.3 is 0 Å². The number of aliphatic imine (C=N–C) groups is 1. The van der Waals surface area contributed by atoms with Crippen LogP contribution in [0.4, 0.5) is 0 Å². The third-order valence-electron chi connectivity index (χ3n) is 3.53. The van der Waals surface area contributed by atoms with Crippen molar-refractivity contribution in [2.24, 2.45) is 4.99 Å². The van der Waals surface area contributed by atoms with E-state index in [0.717, 1.165) is 44.3 Å². The molecular formula is C15H25IN4O2. The number of piperazine rings is 1. The van der Waals surface area contributed by atoms with Gasteiger partial charge in [0.2, 0.25) is 5.91 Å². The zero-order valence-corrected chi connectivity index (χ0v) is 15.6. The molecule has 0 spiro atoms. The van der Waals surface area contributed by atoms with E-state index < -0.39 is 0 Å². The summed E-state index contributed by atoms with van der Waals surface area (Å²) in [5.41, 5.74) is 0. The van der Waals surface area contributed by atoms with Gasteiger partial charge in [0, 0.05) is 39.1 Å². The van der Waals surface area contributed by atoms with Crippen LogP contribution in [0.2, 0.25) is 0 Å². The first-order valence-corrected chi connectivity index (χ1v) is 7.58. The number of hydrogen-bond donors (Lipinski definition) is 1. The normalized spacial score (nSPS) is 15.7. The van der Waals surface area contributed by atoms with E-state index in [1.807, 2.05) is 35.8 Å². The molecule has 0 unspecified atom stereocenters. The second-order valence-electron chi connectivity index (χ2n) is 4.96. The molecule has 1 fully saturated rings. The van der Waals surface area contributed by atoms with E-state index >= 15 is 0 Å². The Kier molecular flexibility index (Phi) is 8.29. The van der Waals surface area contributed by atoms with Crippen LogP contribution in [0.25, 0.3) is 0 Å². The summed E-state index contributed by atoms with van der Waals surface area (Å²) in [5.74, 6) is 1.91. The Morgan fingerprint density at radius 2 is 2.23 bits per heavy atom. The second kappa shape index (κ2) is 9.70. The van der Waals surface area contributed by atoms with E-state index in [9.17, 15) is 4.79 Å². The van der Waals surface area contributed by atoms with Crippen molar-refractivity contribution in [3.05, 3.63) is 24.2 Å². The van der Waals surface area contributed by atoms with Crippen molar-refractivity contribution in [2.45, 2.75) is 20.3 Å². The number of nitrogens with one attached hydrogen (secondary N) is 1. The highest BCUT2D eigenvalue weighted by Gasteiger charge is 2.24. The molecule has 1 aliphatic rings. The number of hydrogen-bond acceptors (Lipinski definition) is 3. The molecule has 1 amide bonds. The summed E-state index contributed by atoms with van der Waals surface area (Å²) in [7, 11) is 0. The number of furan rings is 1. The smallest absolute Gasteiger partial charge is 0.242 e. The summed E-state index contributed by atoms with van der Waals surface area (Å²) in [5, 5.41) is 3.26. The van der Waals surface area contributed by atoms with Crippen LogP contribution in [-0.2, 0) is 11.2 Å². The summed E-state index contributed by atoms with van der Waals surface area (Å²) in [4.78, 5) is 20.5. The maximum atomic E-state index is 12.0. The Morgan fingerprint density at radius 3 is 2.82 bits per heavy atom. The Bertz CT molecular complexity index is 476. The van der Waals surface area contributed by atoms with E-state index in [-0.39, 0.29) is 29.9 Å². The molecule has 1 aliphatic heterocycles. The van der Waals surface area contributed by atoms with E-state index in [2.05, 4.69) is 10.3 Å². The Labute approximate surface area is 149 Å². The predicted molar refractivity (Wildman–Crippen MR) is 97.6 cm³/mol. The van der Waals surface area contributed by atoms with E-state index in [0.29, 0.717) is 13.1 Å². The zero-order chi connectivity index (χ0) is 15.1. The number of guanidine groups is 1. The fourth-order valence-corrected chi connectivity index (χ4v) is 2.38. The van der Waals surface area contributed by atoms with Crippen molar-refractivity contribution < 1.29 is 9.21 Å². The molecule has 124 valence electrons. The summed E-state index contributed by atoms with van der Waals surface area (Å²) >= 11 is 0. The van der Waals surface area contributed by atoms with Gasteiger partial charge in [-0.05, 0) is 26.0 Å². The lowest BCUT2D eigenvalue weighted by Crippen LogP contribution is -2.55. The monoisotopic (exact) mass is 420 g/mol. The van der Waals surface area contributed by atoms with Crippen LogP contribution < -0.4 is 5.32 Å². The molecule has 0 saturated carbocycles. The fourth-order valence-electron chi connectivity index (χ4n) is 2.38. The molecule has 1 aromatic heterocycles. The first-order valence-electron chi connectivity index (χ1n) is 7.58. The number of nitrogens with zero attached hydrogens (tertiary/aromatic N) is 3. The van der Waals surface area contributed by atoms with Gasteiger partial charge in [0.25, 0.3) is 0 Å². The highest BCUT2D eigenvalue weighted by atomic mass is 127. The standard InChI is InChI=1S/C15H24N4O2.HI/c1-3-16-15(17-8-7-13-6-5-11-21-13)19-10-9-18(4-2)14(20)12-19;/h5-6,11H,3-4,7-10,12H2,1-2H3,(H,16,17);1H. The summed E-state index contributed by atoms with van der Waals surface area (Å²) in [6.45, 7) is 8.26. The Balaban J connectivity index is 0.00000242. The predicted octanol–water partition coefficient (Wildman–Crippen LogP) is 1.57. The van der Waals surface area contributed by atoms with Crippen LogP contribution in [-0.4, -0.2) is 60.9 Å². The van der Waals surface area contributed by atoms with Crippen molar-refractivity contribution in [1.29, 1.82) is 0 Å². The lowest BCUT2D eigenvalue weighted by atomic mass is 10.3. The molecule has 0 aromatic carbocycles. The van der Waals surface area contributed by atoms with E-state index in [1.165, 1.54) is 0 Å². The maximum absolute atomic E-state index is 12.0. The average molecular weight is 420 g/mol. The Morgan fingerprint density at radius 1 is 1.41 bits per heavy atom. The molecule has 0 aliphatic carbocycles. The maximum Gasteiger partial charge on any atom is 0.242 e. The van der Waals surface area contributed by atoms with Gasteiger partial charge in [0.15, 0.2) is 5.96 Å². The number of carbonyl (C=O) groups is 1. The van der Waals surface area contributed by atoms with Crippen molar-refractivity contribution in [2.75, 3.05) is 39.3 Å². The third-order valence-corrected chi connectivity index (χ3v) is 3.53. The average Bonchev–Trinajstić information content (AvgIpc) is 2.99. The molecule has 1 N–H and O–H groups in total. The summed E-state index contributed by atoms with van der Waals surface area (Å²) in [6, 6.07) is 3.83. The number of halogens is 1. The number of carbonyl (C=O) groups excluding carboxylic acids is 1. The molecule has 0 radical (unpaired) electrons. The number of likely N-dealkylation sites (N-methyl/N-ethyl adjacent to an activating group) is 1. The molecule has 2 heterocycles. The van der Waals surface area contributed by atoms with Crippen LogP contribution in [0, 0.1) is 0 Å². The topological polar surface area (TPSA) is 61.1 Å². The Hall–Kier alpha value is -1.25. The highest BCUT2D eigenvalue weighted by Crippen LogP contribution is 2.05. The number of amides is 1. The SMILES string of the molecule is CCNC(=NCCc1ccco1)N1CCN(CC)C(=O)C1.I. The first-order chi connectivity index (χ1) is 10.2. The lowest BCUT2D eigenvalue weighted by Gasteiger charge is -2.35. The quantitative estimate of drug-likeness (QED) is 0.447. The molecule has 7 heteroatoms. The largest absolute Gasteiger partial charge is 0.469 e. The van der Waals surface area contributed by atoms with E-state index in [1.54, 1.807) is 6.26 Å². The zero-order valence-electron chi connectivity index (χ0n) is 13.2. The van der Waals surface area contributed by atoms with Crippen LogP contribution in [0.1, 0.15) is 19.6 Å². The summed E-state index contributed by atoms with van der Waals surface area (Å²) in [6.07, 6.45) is 2.44. The van der Waals surface area contributed by atoms with Gasteiger partial charge in [0.1, 0.15) is 5.76 Å².